The average Bonchev–Trinajstić information content (AvgIpc) is 3.21. The first kappa shape index (κ1) is 18.9. The number of carbonyl (C=O) groups excluding carboxylic acids is 2. The molecule has 0 saturated carbocycles. The summed E-state index contributed by atoms with van der Waals surface area (Å²) in [7, 11) is 1.04. The lowest BCUT2D eigenvalue weighted by Crippen LogP contribution is -2.19. The number of nitrogens with zero attached hydrogens (tertiary/aromatic N) is 5. The number of ether oxygens (including phenoxy) is 1. The van der Waals surface area contributed by atoms with Crippen LogP contribution >= 0.6 is 0 Å². The third-order valence-corrected chi connectivity index (χ3v) is 3.49. The highest BCUT2D eigenvalue weighted by Gasteiger charge is 2.33. The van der Waals surface area contributed by atoms with Crippen LogP contribution in [0.3, 0.4) is 0 Å². The van der Waals surface area contributed by atoms with Crippen molar-refractivity contribution in [1.82, 2.24) is 24.7 Å². The second-order valence-electron chi connectivity index (χ2n) is 5.31. The van der Waals surface area contributed by atoms with Crippen LogP contribution in [0.4, 0.5) is 18.9 Å². The van der Waals surface area contributed by atoms with Gasteiger partial charge in [-0.1, -0.05) is 0 Å². The topological polar surface area (TPSA) is 112 Å². The first-order chi connectivity index (χ1) is 13.3. The Bertz CT molecular complexity index is 1000. The molecule has 28 heavy (non-hydrogen) atoms. The van der Waals surface area contributed by atoms with Crippen LogP contribution < -0.4 is 5.32 Å². The quantitative estimate of drug-likeness (QED) is 0.677. The molecule has 0 aliphatic carbocycles. The van der Waals surface area contributed by atoms with E-state index in [1.807, 2.05) is 0 Å². The number of aromatic nitrogens is 5. The number of halogens is 3. The Balaban J connectivity index is 1.89. The summed E-state index contributed by atoms with van der Waals surface area (Å²) >= 11 is 0. The second-order valence-corrected chi connectivity index (χ2v) is 5.31. The predicted octanol–water partition coefficient (Wildman–Crippen LogP) is 2.11. The summed E-state index contributed by atoms with van der Waals surface area (Å²) in [5, 5.41) is 9.75. The van der Waals surface area contributed by atoms with Crippen LogP contribution in [0.2, 0.25) is 0 Å². The molecule has 12 heteroatoms. The van der Waals surface area contributed by atoms with Gasteiger partial charge in [0.1, 0.15) is 6.33 Å². The maximum absolute atomic E-state index is 12.9. The fourth-order valence-electron chi connectivity index (χ4n) is 2.14. The van der Waals surface area contributed by atoms with Gasteiger partial charge in [0.25, 0.3) is 5.91 Å². The lowest BCUT2D eigenvalue weighted by Gasteiger charge is -2.12. The van der Waals surface area contributed by atoms with E-state index in [9.17, 15) is 22.8 Å². The minimum Gasteiger partial charge on any atom is -0.464 e. The molecule has 3 heterocycles. The average molecular weight is 392 g/mol. The van der Waals surface area contributed by atoms with Crippen LogP contribution in [0, 0.1) is 0 Å². The number of rotatable bonds is 4. The summed E-state index contributed by atoms with van der Waals surface area (Å²) in [6.07, 6.45) is 0.369. The van der Waals surface area contributed by atoms with Gasteiger partial charge in [0.15, 0.2) is 17.2 Å². The molecule has 3 aromatic heterocycles. The Hall–Kier alpha value is -3.83. The minimum atomic E-state index is -4.71. The van der Waals surface area contributed by atoms with Crippen LogP contribution in [0.5, 0.6) is 0 Å². The molecular weight excluding hydrogens is 381 g/mol. The number of hydrogen-bond acceptors (Lipinski definition) is 7. The molecular formula is C16H11F3N6O3. The van der Waals surface area contributed by atoms with Crippen molar-refractivity contribution in [1.29, 1.82) is 0 Å². The number of anilines is 1. The monoisotopic (exact) mass is 392 g/mol. The van der Waals surface area contributed by atoms with Gasteiger partial charge in [0.2, 0.25) is 0 Å². The van der Waals surface area contributed by atoms with Crippen molar-refractivity contribution in [3.63, 3.8) is 0 Å². The molecule has 0 bridgehead atoms. The number of alkyl halides is 3. The van der Waals surface area contributed by atoms with Gasteiger partial charge in [-0.15, -0.1) is 10.2 Å². The normalized spacial score (nSPS) is 11.1. The fourth-order valence-corrected chi connectivity index (χ4v) is 2.14. The zero-order chi connectivity index (χ0) is 20.3. The van der Waals surface area contributed by atoms with Crippen molar-refractivity contribution in [3.05, 3.63) is 60.1 Å². The molecule has 3 aromatic rings. The van der Waals surface area contributed by atoms with Gasteiger partial charge < -0.3 is 10.1 Å². The van der Waals surface area contributed by atoms with Crippen LogP contribution in [-0.4, -0.2) is 43.7 Å². The molecule has 0 aromatic carbocycles. The lowest BCUT2D eigenvalue weighted by atomic mass is 10.2. The van der Waals surface area contributed by atoms with Gasteiger partial charge in [-0.3, -0.25) is 9.36 Å². The number of carbonyl (C=O) groups is 2. The molecule has 144 valence electrons. The van der Waals surface area contributed by atoms with E-state index < -0.39 is 35.0 Å². The van der Waals surface area contributed by atoms with Gasteiger partial charge in [-0.05, 0) is 18.2 Å². The summed E-state index contributed by atoms with van der Waals surface area (Å²) in [6.45, 7) is 0. The molecule has 0 spiro atoms. The highest BCUT2D eigenvalue weighted by molar-refractivity contribution is 6.06. The van der Waals surface area contributed by atoms with Gasteiger partial charge in [0, 0.05) is 18.6 Å². The van der Waals surface area contributed by atoms with Gasteiger partial charge in [-0.25, -0.2) is 14.8 Å². The summed E-state index contributed by atoms with van der Waals surface area (Å²) < 4.78 is 44.8. The Morgan fingerprint density at radius 2 is 2.00 bits per heavy atom. The van der Waals surface area contributed by atoms with Crippen LogP contribution in [0.1, 0.15) is 26.5 Å². The van der Waals surface area contributed by atoms with E-state index in [1.54, 1.807) is 10.8 Å². The minimum absolute atomic E-state index is 0.183. The third-order valence-electron chi connectivity index (χ3n) is 3.49. The number of hydrogen-bond donors (Lipinski definition) is 1. The number of esters is 1. The Morgan fingerprint density at radius 3 is 2.57 bits per heavy atom. The third kappa shape index (κ3) is 3.95. The molecule has 3 rings (SSSR count). The van der Waals surface area contributed by atoms with Crippen LogP contribution in [0.25, 0.3) is 5.82 Å². The van der Waals surface area contributed by atoms with Crippen molar-refractivity contribution >= 4 is 17.6 Å². The first-order valence-corrected chi connectivity index (χ1v) is 7.58. The van der Waals surface area contributed by atoms with E-state index in [0.29, 0.717) is 18.1 Å². The zero-order valence-electron chi connectivity index (χ0n) is 14.1. The van der Waals surface area contributed by atoms with E-state index in [1.165, 1.54) is 24.7 Å². The molecule has 1 N–H and O–H groups in total. The molecule has 0 radical (unpaired) electrons. The Kier molecular flexibility index (Phi) is 5.02. The van der Waals surface area contributed by atoms with Gasteiger partial charge in [-0.2, -0.15) is 13.2 Å². The SMILES string of the molecule is COC(=O)c1ncc(C(F)(F)F)cc1NC(=O)c1ccc(-n2ccnc2)nn1. The first-order valence-electron chi connectivity index (χ1n) is 7.58. The zero-order valence-corrected chi connectivity index (χ0v) is 14.1. The molecule has 0 aliphatic heterocycles. The van der Waals surface area contributed by atoms with Crippen molar-refractivity contribution in [2.75, 3.05) is 12.4 Å². The van der Waals surface area contributed by atoms with Crippen molar-refractivity contribution < 1.29 is 27.5 Å². The highest BCUT2D eigenvalue weighted by atomic mass is 19.4. The standard InChI is InChI=1S/C16H11F3N6O3/c1-28-15(27)13-11(6-9(7-21-13)16(17,18)19)22-14(26)10-2-3-12(24-23-10)25-5-4-20-8-25/h2-8H,1H3,(H,22,26). The van der Waals surface area contributed by atoms with Crippen molar-refractivity contribution in [2.24, 2.45) is 0 Å². The molecule has 0 unspecified atom stereocenters. The molecule has 0 atom stereocenters. The summed E-state index contributed by atoms with van der Waals surface area (Å²) in [5.41, 5.74) is -2.27. The van der Waals surface area contributed by atoms with E-state index in [-0.39, 0.29) is 5.69 Å². The maximum atomic E-state index is 12.9. The Morgan fingerprint density at radius 1 is 1.21 bits per heavy atom. The van der Waals surface area contributed by atoms with Crippen molar-refractivity contribution in [2.45, 2.75) is 6.18 Å². The molecule has 0 aliphatic rings. The summed E-state index contributed by atoms with van der Waals surface area (Å²) in [4.78, 5) is 31.4. The smallest absolute Gasteiger partial charge is 0.417 e. The van der Waals surface area contributed by atoms with Gasteiger partial charge >= 0.3 is 12.1 Å². The van der Waals surface area contributed by atoms with E-state index in [0.717, 1.165) is 7.11 Å². The summed E-state index contributed by atoms with van der Waals surface area (Å²) in [6, 6.07) is 3.37. The number of nitrogens with one attached hydrogen (secondary N) is 1. The summed E-state index contributed by atoms with van der Waals surface area (Å²) in [5.74, 6) is -1.51. The van der Waals surface area contributed by atoms with E-state index in [2.05, 4.69) is 30.2 Å². The lowest BCUT2D eigenvalue weighted by molar-refractivity contribution is -0.137. The molecule has 1 amide bonds. The molecule has 9 nitrogen and oxygen atoms in total. The van der Waals surface area contributed by atoms with E-state index in [4.69, 9.17) is 0 Å². The maximum Gasteiger partial charge on any atom is 0.417 e. The highest BCUT2D eigenvalue weighted by Crippen LogP contribution is 2.31. The number of pyridine rings is 1. The van der Waals surface area contributed by atoms with Gasteiger partial charge in [0.05, 0.1) is 18.4 Å². The second kappa shape index (κ2) is 7.42. The molecule has 0 fully saturated rings. The van der Waals surface area contributed by atoms with Crippen LogP contribution in [-0.2, 0) is 10.9 Å². The Labute approximate surface area is 155 Å². The van der Waals surface area contributed by atoms with E-state index >= 15 is 0 Å². The fraction of sp³-hybridized carbons (Fsp3) is 0.125. The predicted molar refractivity (Wildman–Crippen MR) is 87.7 cm³/mol. The van der Waals surface area contributed by atoms with Crippen molar-refractivity contribution in [3.8, 4) is 5.82 Å². The molecule has 0 saturated heterocycles. The number of amides is 1. The van der Waals surface area contributed by atoms with Crippen LogP contribution in [0.15, 0.2) is 43.1 Å². The number of imidazole rings is 1. The largest absolute Gasteiger partial charge is 0.464 e. The number of methoxy groups -OCH3 is 1.